The van der Waals surface area contributed by atoms with Crippen LogP contribution in [0.2, 0.25) is 0 Å². The van der Waals surface area contributed by atoms with E-state index in [4.69, 9.17) is 14.3 Å². The Labute approximate surface area is 190 Å². The summed E-state index contributed by atoms with van der Waals surface area (Å²) < 4.78 is 10.7. The van der Waals surface area contributed by atoms with Crippen molar-refractivity contribution in [3.63, 3.8) is 0 Å². The molecule has 168 valence electrons. The quantitative estimate of drug-likeness (QED) is 0.601. The minimum Gasteiger partial charge on any atom is -0.508 e. The molecule has 8 heteroatoms. The molecule has 2 fully saturated rings. The molecule has 0 spiro atoms. The van der Waals surface area contributed by atoms with Crippen LogP contribution in [0.15, 0.2) is 72.8 Å². The highest BCUT2D eigenvalue weighted by Crippen LogP contribution is 2.49. The second-order valence-corrected chi connectivity index (χ2v) is 7.80. The highest BCUT2D eigenvalue weighted by Gasteiger charge is 2.60. The number of imide groups is 1. The number of ether oxygens (including phenoxy) is 2. The van der Waals surface area contributed by atoms with Gasteiger partial charge in [0.1, 0.15) is 23.2 Å². The van der Waals surface area contributed by atoms with E-state index in [0.717, 1.165) is 16.2 Å². The van der Waals surface area contributed by atoms with E-state index < -0.39 is 24.0 Å². The fourth-order valence-electron chi connectivity index (χ4n) is 4.43. The van der Waals surface area contributed by atoms with Crippen molar-refractivity contribution < 1.29 is 29.0 Å². The van der Waals surface area contributed by atoms with E-state index in [1.54, 1.807) is 47.5 Å². The normalized spacial score (nSPS) is 21.9. The Hall–Kier alpha value is -4.04. The van der Waals surface area contributed by atoms with Gasteiger partial charge in [0.2, 0.25) is 5.91 Å². The number of nitrogens with zero attached hydrogens (tertiary/aromatic N) is 2. The Bertz CT molecular complexity index is 1200. The zero-order chi connectivity index (χ0) is 23.1. The van der Waals surface area contributed by atoms with Gasteiger partial charge in [0, 0.05) is 6.07 Å². The first kappa shape index (κ1) is 20.8. The van der Waals surface area contributed by atoms with Crippen LogP contribution in [0, 0.1) is 5.92 Å². The number of rotatable bonds is 5. The lowest BCUT2D eigenvalue weighted by atomic mass is 9.90. The SMILES string of the molecule is COc1ccc(N2C(=O)C3ON(c4ccccc4)C(c4ccc(O)cc4)C3C2=O)c(OC)c1. The lowest BCUT2D eigenvalue weighted by Gasteiger charge is -2.29. The van der Waals surface area contributed by atoms with Crippen LogP contribution in [0.5, 0.6) is 17.2 Å². The number of phenolic OH excluding ortho intramolecular Hbond substituents is 1. The van der Waals surface area contributed by atoms with Crippen LogP contribution in [-0.2, 0) is 14.4 Å². The summed E-state index contributed by atoms with van der Waals surface area (Å²) >= 11 is 0. The highest BCUT2D eigenvalue weighted by atomic mass is 16.7. The largest absolute Gasteiger partial charge is 0.508 e. The van der Waals surface area contributed by atoms with Gasteiger partial charge in [-0.25, -0.2) is 9.96 Å². The fourth-order valence-corrected chi connectivity index (χ4v) is 4.43. The molecule has 2 aliphatic heterocycles. The number of hydrogen-bond donors (Lipinski definition) is 1. The molecule has 8 nitrogen and oxygen atoms in total. The standard InChI is InChI=1S/C25H22N2O6/c1-31-18-12-13-19(20(14-18)32-2)26-24(29)21-22(15-8-10-17(28)11-9-15)27(33-23(21)25(26)30)16-6-4-3-5-7-16/h3-14,21-23,28H,1-2H3. The van der Waals surface area contributed by atoms with Crippen molar-refractivity contribution in [3.05, 3.63) is 78.4 Å². The van der Waals surface area contributed by atoms with Gasteiger partial charge in [0.15, 0.2) is 6.10 Å². The van der Waals surface area contributed by atoms with Crippen LogP contribution >= 0.6 is 0 Å². The molecule has 2 amide bonds. The number of benzene rings is 3. The van der Waals surface area contributed by atoms with E-state index >= 15 is 0 Å². The first-order valence-corrected chi connectivity index (χ1v) is 10.4. The van der Waals surface area contributed by atoms with Gasteiger partial charge in [-0.15, -0.1) is 0 Å². The summed E-state index contributed by atoms with van der Waals surface area (Å²) in [5.74, 6) is -0.630. The molecule has 0 bridgehead atoms. The van der Waals surface area contributed by atoms with E-state index in [2.05, 4.69) is 0 Å². The summed E-state index contributed by atoms with van der Waals surface area (Å²) in [6, 6.07) is 20.2. The van der Waals surface area contributed by atoms with E-state index in [9.17, 15) is 14.7 Å². The van der Waals surface area contributed by atoms with Crippen LogP contribution in [0.1, 0.15) is 11.6 Å². The molecule has 0 saturated carbocycles. The Balaban J connectivity index is 1.58. The van der Waals surface area contributed by atoms with Crippen LogP contribution in [0.25, 0.3) is 0 Å². The van der Waals surface area contributed by atoms with Crippen molar-refractivity contribution in [2.45, 2.75) is 12.1 Å². The predicted octanol–water partition coefficient (Wildman–Crippen LogP) is 3.46. The average molecular weight is 446 g/mol. The van der Waals surface area contributed by atoms with Gasteiger partial charge >= 0.3 is 0 Å². The zero-order valence-corrected chi connectivity index (χ0v) is 18.0. The molecule has 2 saturated heterocycles. The van der Waals surface area contributed by atoms with Crippen LogP contribution in [-0.4, -0.2) is 37.2 Å². The first-order chi connectivity index (χ1) is 16.0. The topological polar surface area (TPSA) is 88.5 Å². The number of para-hydroxylation sites is 1. The second kappa shape index (κ2) is 8.14. The monoisotopic (exact) mass is 446 g/mol. The summed E-state index contributed by atoms with van der Waals surface area (Å²) in [5, 5.41) is 11.4. The highest BCUT2D eigenvalue weighted by molar-refractivity contribution is 6.24. The summed E-state index contributed by atoms with van der Waals surface area (Å²) in [4.78, 5) is 34.4. The van der Waals surface area contributed by atoms with Crippen LogP contribution < -0.4 is 19.4 Å². The predicted molar refractivity (Wildman–Crippen MR) is 120 cm³/mol. The Morgan fingerprint density at radius 3 is 2.27 bits per heavy atom. The van der Waals surface area contributed by atoms with Crippen molar-refractivity contribution >= 4 is 23.2 Å². The molecule has 33 heavy (non-hydrogen) atoms. The molecular formula is C25H22N2O6. The molecular weight excluding hydrogens is 424 g/mol. The van der Waals surface area contributed by atoms with Gasteiger partial charge in [-0.1, -0.05) is 30.3 Å². The van der Waals surface area contributed by atoms with Crippen molar-refractivity contribution in [2.24, 2.45) is 5.92 Å². The van der Waals surface area contributed by atoms with Gasteiger partial charge in [-0.3, -0.25) is 14.4 Å². The first-order valence-electron chi connectivity index (χ1n) is 10.4. The van der Waals surface area contributed by atoms with Gasteiger partial charge in [0.05, 0.1) is 31.6 Å². The number of fused-ring (bicyclic) bond motifs is 1. The summed E-state index contributed by atoms with van der Waals surface area (Å²) in [6.07, 6.45) is -0.997. The Kier molecular flexibility index (Phi) is 5.14. The maximum absolute atomic E-state index is 13.7. The van der Waals surface area contributed by atoms with Gasteiger partial charge in [-0.05, 0) is 42.0 Å². The molecule has 5 rings (SSSR count). The third kappa shape index (κ3) is 3.35. The number of hydroxylamine groups is 1. The number of carbonyl (C=O) groups excluding carboxylic acids is 2. The van der Waals surface area contributed by atoms with Gasteiger partial charge < -0.3 is 14.6 Å². The van der Waals surface area contributed by atoms with Gasteiger partial charge in [-0.2, -0.15) is 0 Å². The zero-order valence-electron chi connectivity index (χ0n) is 18.0. The minimum atomic E-state index is -0.997. The molecule has 3 aromatic rings. The number of amides is 2. The van der Waals surface area contributed by atoms with E-state index in [0.29, 0.717) is 17.2 Å². The average Bonchev–Trinajstić information content (AvgIpc) is 3.35. The van der Waals surface area contributed by atoms with Crippen molar-refractivity contribution in [1.82, 2.24) is 0 Å². The molecule has 2 aliphatic rings. The molecule has 0 radical (unpaired) electrons. The minimum absolute atomic E-state index is 0.110. The molecule has 3 aromatic carbocycles. The number of anilines is 2. The third-order valence-electron chi connectivity index (χ3n) is 5.99. The number of aromatic hydroxyl groups is 1. The van der Waals surface area contributed by atoms with Gasteiger partial charge in [0.25, 0.3) is 5.91 Å². The maximum Gasteiger partial charge on any atom is 0.266 e. The number of carbonyl (C=O) groups is 2. The van der Waals surface area contributed by atoms with Crippen molar-refractivity contribution in [2.75, 3.05) is 24.2 Å². The molecule has 0 aliphatic carbocycles. The molecule has 1 N–H and O–H groups in total. The fraction of sp³-hybridized carbons (Fsp3) is 0.200. The molecule has 0 aromatic heterocycles. The third-order valence-corrected chi connectivity index (χ3v) is 5.99. The number of methoxy groups -OCH3 is 2. The van der Waals surface area contributed by atoms with Crippen LogP contribution in [0.4, 0.5) is 11.4 Å². The van der Waals surface area contributed by atoms with E-state index in [1.165, 1.54) is 14.2 Å². The summed E-state index contributed by atoms with van der Waals surface area (Å²) in [7, 11) is 3.00. The van der Waals surface area contributed by atoms with Crippen LogP contribution in [0.3, 0.4) is 0 Å². The van der Waals surface area contributed by atoms with E-state index in [-0.39, 0.29) is 11.7 Å². The smallest absolute Gasteiger partial charge is 0.266 e. The lowest BCUT2D eigenvalue weighted by molar-refractivity contribution is -0.126. The maximum atomic E-state index is 13.7. The Morgan fingerprint density at radius 2 is 1.61 bits per heavy atom. The lowest BCUT2D eigenvalue weighted by Crippen LogP contribution is -2.37. The number of phenols is 1. The van der Waals surface area contributed by atoms with Crippen molar-refractivity contribution in [3.8, 4) is 17.2 Å². The summed E-state index contributed by atoms with van der Waals surface area (Å²) in [5.41, 5.74) is 1.80. The summed E-state index contributed by atoms with van der Waals surface area (Å²) in [6.45, 7) is 0. The molecule has 3 unspecified atom stereocenters. The van der Waals surface area contributed by atoms with Crippen molar-refractivity contribution in [1.29, 1.82) is 0 Å². The number of hydrogen-bond acceptors (Lipinski definition) is 7. The second-order valence-electron chi connectivity index (χ2n) is 7.80. The molecule has 3 atom stereocenters. The molecule has 2 heterocycles. The Morgan fingerprint density at radius 1 is 0.879 bits per heavy atom. The van der Waals surface area contributed by atoms with E-state index in [1.807, 2.05) is 30.3 Å².